The van der Waals surface area contributed by atoms with Crippen molar-refractivity contribution < 1.29 is 4.79 Å². The third-order valence-electron chi connectivity index (χ3n) is 4.47. The van der Waals surface area contributed by atoms with Crippen LogP contribution in [0.5, 0.6) is 0 Å². The van der Waals surface area contributed by atoms with Gasteiger partial charge in [-0.2, -0.15) is 16.9 Å². The summed E-state index contributed by atoms with van der Waals surface area (Å²) in [6.45, 7) is 2.03. The molecule has 0 N–H and O–H groups in total. The number of carbonyl (C=O) groups excluding carboxylic acids is 1. The molecule has 134 valence electrons. The van der Waals surface area contributed by atoms with E-state index in [2.05, 4.69) is 16.3 Å². The van der Waals surface area contributed by atoms with Gasteiger partial charge in [0.1, 0.15) is 12.7 Å². The minimum Gasteiger partial charge on any atom is -0.335 e. The molecule has 1 aromatic heterocycles. The average molecular weight is 366 g/mol. The van der Waals surface area contributed by atoms with Crippen molar-refractivity contribution in [3.63, 3.8) is 0 Å². The maximum Gasteiger partial charge on any atom is 0.254 e. The first-order chi connectivity index (χ1) is 12.6. The van der Waals surface area contributed by atoms with E-state index in [4.69, 9.17) is 0 Å². The molecule has 0 radical (unpaired) electrons. The Balaban J connectivity index is 1.72. The second-order valence-electron chi connectivity index (χ2n) is 6.15. The highest BCUT2D eigenvalue weighted by molar-refractivity contribution is 7.97. The van der Waals surface area contributed by atoms with Gasteiger partial charge in [0, 0.05) is 18.4 Å². The second kappa shape index (κ2) is 8.19. The molecule has 0 spiro atoms. The molecule has 5 nitrogen and oxygen atoms in total. The summed E-state index contributed by atoms with van der Waals surface area (Å²) in [5.41, 5.74) is 3.96. The first-order valence-corrected chi connectivity index (χ1v) is 9.79. The minimum absolute atomic E-state index is 0.0218. The Morgan fingerprint density at radius 1 is 1.15 bits per heavy atom. The van der Waals surface area contributed by atoms with E-state index >= 15 is 0 Å². The monoisotopic (exact) mass is 366 g/mol. The molecule has 1 atom stereocenters. The largest absolute Gasteiger partial charge is 0.335 e. The zero-order chi connectivity index (χ0) is 18.5. The summed E-state index contributed by atoms with van der Waals surface area (Å²) in [5, 5.41) is 4.12. The molecule has 0 aliphatic rings. The Bertz CT molecular complexity index is 845. The summed E-state index contributed by atoms with van der Waals surface area (Å²) >= 11 is 1.77. The van der Waals surface area contributed by atoms with Gasteiger partial charge in [-0.15, -0.1) is 0 Å². The maximum absolute atomic E-state index is 12.8. The van der Waals surface area contributed by atoms with Crippen LogP contribution in [-0.4, -0.2) is 38.9 Å². The summed E-state index contributed by atoms with van der Waals surface area (Å²) in [5.74, 6) is 0.979. The molecule has 0 saturated carbocycles. The van der Waals surface area contributed by atoms with Gasteiger partial charge < -0.3 is 4.90 Å². The van der Waals surface area contributed by atoms with Crippen LogP contribution in [0.4, 0.5) is 0 Å². The van der Waals surface area contributed by atoms with Gasteiger partial charge in [0.15, 0.2) is 0 Å². The van der Waals surface area contributed by atoms with Crippen molar-refractivity contribution in [2.24, 2.45) is 0 Å². The lowest BCUT2D eigenvalue weighted by Gasteiger charge is -2.25. The lowest BCUT2D eigenvalue weighted by Crippen LogP contribution is -2.29. The molecule has 0 saturated heterocycles. The molecule has 3 rings (SSSR count). The molecule has 2 aromatic carbocycles. The molecule has 0 aliphatic heterocycles. The standard InChI is InChI=1S/C20H22N4OS/c1-15(17-8-10-19(11-9-17)24-14-21-13-22-24)23(2)20(25)18-6-4-16(5-7-18)12-26-3/h4-11,13-15H,12H2,1-3H3/t15-/m1/s1. The zero-order valence-corrected chi connectivity index (χ0v) is 16.0. The van der Waals surface area contributed by atoms with Crippen LogP contribution in [0.25, 0.3) is 5.69 Å². The van der Waals surface area contributed by atoms with Gasteiger partial charge in [-0.25, -0.2) is 9.67 Å². The van der Waals surface area contributed by atoms with E-state index in [0.717, 1.165) is 17.0 Å². The zero-order valence-electron chi connectivity index (χ0n) is 15.2. The van der Waals surface area contributed by atoms with Crippen molar-refractivity contribution in [2.75, 3.05) is 13.3 Å². The van der Waals surface area contributed by atoms with E-state index in [-0.39, 0.29) is 11.9 Å². The Hall–Kier alpha value is -2.60. The molecule has 6 heteroatoms. The van der Waals surface area contributed by atoms with Crippen molar-refractivity contribution in [1.82, 2.24) is 19.7 Å². The highest BCUT2D eigenvalue weighted by Gasteiger charge is 2.19. The maximum atomic E-state index is 12.8. The predicted molar refractivity (Wildman–Crippen MR) is 106 cm³/mol. The van der Waals surface area contributed by atoms with Crippen molar-refractivity contribution in [1.29, 1.82) is 0 Å². The first-order valence-electron chi connectivity index (χ1n) is 8.40. The van der Waals surface area contributed by atoms with Crippen LogP contribution in [0.15, 0.2) is 61.2 Å². The van der Waals surface area contributed by atoms with Gasteiger partial charge in [0.25, 0.3) is 5.91 Å². The van der Waals surface area contributed by atoms with E-state index in [9.17, 15) is 4.79 Å². The van der Waals surface area contributed by atoms with Gasteiger partial charge >= 0.3 is 0 Å². The fourth-order valence-electron chi connectivity index (χ4n) is 2.76. The van der Waals surface area contributed by atoms with Crippen LogP contribution < -0.4 is 0 Å². The second-order valence-corrected chi connectivity index (χ2v) is 7.02. The SMILES string of the molecule is CSCc1ccc(C(=O)N(C)[C@H](C)c2ccc(-n3cncn3)cc2)cc1. The Morgan fingerprint density at radius 2 is 1.85 bits per heavy atom. The number of benzene rings is 2. The van der Waals surface area contributed by atoms with E-state index in [1.165, 1.54) is 11.9 Å². The lowest BCUT2D eigenvalue weighted by molar-refractivity contribution is 0.0742. The molecular formula is C20H22N4OS. The van der Waals surface area contributed by atoms with Crippen LogP contribution in [0.1, 0.15) is 34.5 Å². The van der Waals surface area contributed by atoms with Crippen molar-refractivity contribution >= 4 is 17.7 Å². The van der Waals surface area contributed by atoms with Crippen LogP contribution in [-0.2, 0) is 5.75 Å². The summed E-state index contributed by atoms with van der Waals surface area (Å²) in [7, 11) is 1.84. The number of hydrogen-bond acceptors (Lipinski definition) is 4. The summed E-state index contributed by atoms with van der Waals surface area (Å²) in [6.07, 6.45) is 5.24. The smallest absolute Gasteiger partial charge is 0.254 e. The summed E-state index contributed by atoms with van der Waals surface area (Å²) < 4.78 is 1.71. The minimum atomic E-state index is -0.0295. The Morgan fingerprint density at radius 3 is 2.42 bits per heavy atom. The number of carbonyl (C=O) groups is 1. The van der Waals surface area contributed by atoms with E-state index in [0.29, 0.717) is 5.56 Å². The molecule has 0 aliphatic carbocycles. The van der Waals surface area contributed by atoms with Gasteiger partial charge in [-0.1, -0.05) is 24.3 Å². The summed E-state index contributed by atoms with van der Waals surface area (Å²) in [4.78, 5) is 18.5. The van der Waals surface area contributed by atoms with Crippen molar-refractivity contribution in [3.05, 3.63) is 77.9 Å². The Labute approximate surface area is 158 Å². The van der Waals surface area contributed by atoms with Crippen LogP contribution in [0.3, 0.4) is 0 Å². The first kappa shape index (κ1) is 18.2. The van der Waals surface area contributed by atoms with E-state index < -0.39 is 0 Å². The van der Waals surface area contributed by atoms with Crippen molar-refractivity contribution in [3.8, 4) is 5.69 Å². The average Bonchev–Trinajstić information content (AvgIpc) is 3.22. The van der Waals surface area contributed by atoms with Crippen LogP contribution >= 0.6 is 11.8 Å². The molecule has 0 unspecified atom stereocenters. The normalized spacial score (nSPS) is 12.0. The number of nitrogens with zero attached hydrogens (tertiary/aromatic N) is 4. The topological polar surface area (TPSA) is 51.0 Å². The third-order valence-corrected chi connectivity index (χ3v) is 5.09. The molecule has 0 fully saturated rings. The summed E-state index contributed by atoms with van der Waals surface area (Å²) in [6, 6.07) is 15.8. The lowest BCUT2D eigenvalue weighted by atomic mass is 10.1. The predicted octanol–water partition coefficient (Wildman–Crippen LogP) is 3.96. The molecule has 26 heavy (non-hydrogen) atoms. The van der Waals surface area contributed by atoms with Gasteiger partial charge in [-0.3, -0.25) is 4.79 Å². The molecular weight excluding hydrogens is 344 g/mol. The van der Waals surface area contributed by atoms with Gasteiger partial charge in [-0.05, 0) is 48.6 Å². The quantitative estimate of drug-likeness (QED) is 0.662. The number of aromatic nitrogens is 3. The number of amides is 1. The van der Waals surface area contributed by atoms with Crippen molar-refractivity contribution in [2.45, 2.75) is 18.7 Å². The number of thioether (sulfide) groups is 1. The van der Waals surface area contributed by atoms with Gasteiger partial charge in [0.05, 0.1) is 11.7 Å². The fourth-order valence-corrected chi connectivity index (χ4v) is 3.29. The van der Waals surface area contributed by atoms with Crippen LogP contribution in [0, 0.1) is 0 Å². The highest BCUT2D eigenvalue weighted by Crippen LogP contribution is 2.22. The number of rotatable bonds is 6. The van der Waals surface area contributed by atoms with Gasteiger partial charge in [0.2, 0.25) is 0 Å². The highest BCUT2D eigenvalue weighted by atomic mass is 32.2. The Kier molecular flexibility index (Phi) is 5.73. The van der Waals surface area contributed by atoms with Crippen LogP contribution in [0.2, 0.25) is 0 Å². The molecule has 3 aromatic rings. The molecule has 0 bridgehead atoms. The van der Waals surface area contributed by atoms with E-state index in [1.807, 2.05) is 62.5 Å². The number of hydrogen-bond donors (Lipinski definition) is 0. The molecule has 1 heterocycles. The fraction of sp³-hybridized carbons (Fsp3) is 0.250. The molecule has 1 amide bonds. The van der Waals surface area contributed by atoms with E-state index in [1.54, 1.807) is 27.7 Å². The third kappa shape index (κ3) is 3.96.